The molecule has 0 aromatic rings. The predicted octanol–water partition coefficient (Wildman–Crippen LogP) is 4.47. The molecule has 0 bridgehead atoms. The Kier molecular flexibility index (Phi) is 14.0. The van der Waals surface area contributed by atoms with Gasteiger partial charge in [0.2, 0.25) is 0 Å². The molecule has 0 aromatic carbocycles. The van der Waals surface area contributed by atoms with Gasteiger partial charge in [-0.25, -0.2) is 4.79 Å². The first-order valence-electron chi connectivity index (χ1n) is 11.0. The highest BCUT2D eigenvalue weighted by atomic mass is 16.6. The van der Waals surface area contributed by atoms with Crippen molar-refractivity contribution in [2.75, 3.05) is 19.8 Å². The Morgan fingerprint density at radius 2 is 1.71 bits per heavy atom. The monoisotopic (exact) mass is 396 g/mol. The smallest absolute Gasteiger partial charge is 0.338 e. The first-order chi connectivity index (χ1) is 13.6. The van der Waals surface area contributed by atoms with Crippen LogP contribution in [0.2, 0.25) is 0 Å². The highest BCUT2D eigenvalue weighted by Gasteiger charge is 2.46. The minimum Gasteiger partial charge on any atom is -0.461 e. The van der Waals surface area contributed by atoms with Gasteiger partial charge in [0.1, 0.15) is 12.7 Å². The van der Waals surface area contributed by atoms with Gasteiger partial charge in [-0.3, -0.25) is 0 Å². The van der Waals surface area contributed by atoms with E-state index >= 15 is 0 Å². The van der Waals surface area contributed by atoms with E-state index in [1.807, 2.05) is 0 Å². The third-order valence-electron chi connectivity index (χ3n) is 5.16. The summed E-state index contributed by atoms with van der Waals surface area (Å²) in [6.45, 7) is 2.22. The molecule has 1 saturated heterocycles. The number of carbonyl (C=O) groups excluding carboxylic acids is 1. The van der Waals surface area contributed by atoms with Gasteiger partial charge in [0.15, 0.2) is 5.60 Å². The van der Waals surface area contributed by atoms with Gasteiger partial charge >= 0.3 is 5.97 Å². The number of esters is 1. The van der Waals surface area contributed by atoms with Gasteiger partial charge in [0.05, 0.1) is 13.2 Å². The van der Waals surface area contributed by atoms with Crippen LogP contribution in [0.15, 0.2) is 24.3 Å². The van der Waals surface area contributed by atoms with Crippen LogP contribution < -0.4 is 0 Å². The molecule has 1 aliphatic heterocycles. The zero-order valence-corrected chi connectivity index (χ0v) is 17.6. The topological polar surface area (TPSA) is 76.0 Å². The van der Waals surface area contributed by atoms with E-state index < -0.39 is 24.3 Å². The molecule has 5 heteroatoms. The molecular formula is C23H40O5. The molecule has 0 aliphatic carbocycles. The lowest BCUT2D eigenvalue weighted by molar-refractivity contribution is -0.204. The van der Waals surface area contributed by atoms with Crippen molar-refractivity contribution in [3.63, 3.8) is 0 Å². The van der Waals surface area contributed by atoms with Crippen molar-refractivity contribution in [2.24, 2.45) is 0 Å². The van der Waals surface area contributed by atoms with Gasteiger partial charge in [-0.05, 0) is 44.9 Å². The maximum Gasteiger partial charge on any atom is 0.338 e. The van der Waals surface area contributed by atoms with Crippen molar-refractivity contribution < 1.29 is 24.5 Å². The molecule has 2 N–H and O–H groups in total. The lowest BCUT2D eigenvalue weighted by Gasteiger charge is -2.39. The average Bonchev–Trinajstić information content (AvgIpc) is 2.67. The molecule has 1 aliphatic rings. The number of aliphatic hydroxyl groups excluding tert-OH is 2. The van der Waals surface area contributed by atoms with Crippen molar-refractivity contribution in [3.8, 4) is 0 Å². The molecule has 0 amide bonds. The van der Waals surface area contributed by atoms with E-state index in [1.54, 1.807) is 0 Å². The number of allylic oxidation sites excluding steroid dienone is 4. The van der Waals surface area contributed by atoms with Gasteiger partial charge in [0.25, 0.3) is 0 Å². The molecule has 1 rings (SSSR count). The molecule has 2 unspecified atom stereocenters. The Balaban J connectivity index is 2.03. The Hall–Kier alpha value is -1.17. The van der Waals surface area contributed by atoms with Crippen LogP contribution in [-0.4, -0.2) is 47.7 Å². The SMILES string of the molecule is CCCCC/C=C\C/C=C\CCCCCCC1(C(=O)OCC(O)CO)CCO1. The second-order valence-electron chi connectivity index (χ2n) is 7.65. The molecule has 0 saturated carbocycles. The van der Waals surface area contributed by atoms with Crippen LogP contribution >= 0.6 is 0 Å². The quantitative estimate of drug-likeness (QED) is 0.216. The highest BCUT2D eigenvalue weighted by Crippen LogP contribution is 2.33. The third kappa shape index (κ3) is 10.4. The molecule has 5 nitrogen and oxygen atoms in total. The first kappa shape index (κ1) is 24.9. The van der Waals surface area contributed by atoms with Crippen LogP contribution in [0.4, 0.5) is 0 Å². The fourth-order valence-corrected chi connectivity index (χ4v) is 3.21. The maximum absolute atomic E-state index is 12.2. The fraction of sp³-hybridized carbons (Fsp3) is 0.783. The summed E-state index contributed by atoms with van der Waals surface area (Å²) in [4.78, 5) is 12.2. The normalized spacial score (nSPS) is 20.5. The Bertz CT molecular complexity index is 454. The molecule has 0 aromatic heterocycles. The molecule has 28 heavy (non-hydrogen) atoms. The molecule has 0 radical (unpaired) electrons. The summed E-state index contributed by atoms with van der Waals surface area (Å²) in [5.74, 6) is -0.406. The minimum absolute atomic E-state index is 0.180. The van der Waals surface area contributed by atoms with E-state index in [0.717, 1.165) is 38.5 Å². The lowest BCUT2D eigenvalue weighted by atomic mass is 9.88. The Morgan fingerprint density at radius 3 is 2.29 bits per heavy atom. The van der Waals surface area contributed by atoms with Crippen LogP contribution in [0.3, 0.4) is 0 Å². The summed E-state index contributed by atoms with van der Waals surface area (Å²) in [6.07, 6.45) is 20.9. The minimum atomic E-state index is -1.02. The van der Waals surface area contributed by atoms with E-state index in [4.69, 9.17) is 14.6 Å². The number of hydrogen-bond donors (Lipinski definition) is 2. The average molecular weight is 397 g/mol. The number of aliphatic hydroxyl groups is 2. The molecule has 1 fully saturated rings. The van der Waals surface area contributed by atoms with E-state index in [-0.39, 0.29) is 6.61 Å². The molecule has 1 heterocycles. The number of carbonyl (C=O) groups is 1. The molecule has 162 valence electrons. The van der Waals surface area contributed by atoms with Gasteiger partial charge in [-0.15, -0.1) is 0 Å². The molecule has 2 atom stereocenters. The summed E-state index contributed by atoms with van der Waals surface area (Å²) >= 11 is 0. The van der Waals surface area contributed by atoms with Crippen LogP contribution in [0.1, 0.15) is 84.0 Å². The predicted molar refractivity (Wildman–Crippen MR) is 112 cm³/mol. The first-order valence-corrected chi connectivity index (χ1v) is 11.0. The van der Waals surface area contributed by atoms with E-state index in [2.05, 4.69) is 31.2 Å². The van der Waals surface area contributed by atoms with Crippen LogP contribution in [0, 0.1) is 0 Å². The summed E-state index contributed by atoms with van der Waals surface area (Å²) < 4.78 is 10.6. The molecule has 0 spiro atoms. The van der Waals surface area contributed by atoms with E-state index in [0.29, 0.717) is 19.4 Å². The summed E-state index contributed by atoms with van der Waals surface area (Å²) in [7, 11) is 0. The summed E-state index contributed by atoms with van der Waals surface area (Å²) in [5, 5.41) is 18.1. The van der Waals surface area contributed by atoms with Crippen molar-refractivity contribution in [2.45, 2.75) is 95.7 Å². The lowest BCUT2D eigenvalue weighted by Crippen LogP contribution is -2.52. The Morgan fingerprint density at radius 1 is 1.07 bits per heavy atom. The maximum atomic E-state index is 12.2. The second-order valence-corrected chi connectivity index (χ2v) is 7.65. The van der Waals surface area contributed by atoms with Crippen LogP contribution in [0.25, 0.3) is 0 Å². The molecular weight excluding hydrogens is 356 g/mol. The van der Waals surface area contributed by atoms with Gasteiger partial charge in [-0.2, -0.15) is 0 Å². The zero-order chi connectivity index (χ0) is 20.5. The highest BCUT2D eigenvalue weighted by molar-refractivity contribution is 5.80. The van der Waals surface area contributed by atoms with Gasteiger partial charge in [-0.1, -0.05) is 56.9 Å². The van der Waals surface area contributed by atoms with Gasteiger partial charge in [0, 0.05) is 6.42 Å². The second kappa shape index (κ2) is 15.7. The van der Waals surface area contributed by atoms with Crippen molar-refractivity contribution in [1.82, 2.24) is 0 Å². The van der Waals surface area contributed by atoms with Crippen molar-refractivity contribution in [3.05, 3.63) is 24.3 Å². The van der Waals surface area contributed by atoms with E-state index in [9.17, 15) is 9.90 Å². The van der Waals surface area contributed by atoms with Gasteiger partial charge < -0.3 is 19.7 Å². The fourth-order valence-electron chi connectivity index (χ4n) is 3.21. The van der Waals surface area contributed by atoms with Crippen molar-refractivity contribution >= 4 is 5.97 Å². The zero-order valence-electron chi connectivity index (χ0n) is 17.6. The number of rotatable bonds is 17. The summed E-state index contributed by atoms with van der Waals surface area (Å²) in [6, 6.07) is 0. The Labute approximate surface area is 170 Å². The van der Waals surface area contributed by atoms with Crippen molar-refractivity contribution in [1.29, 1.82) is 0 Å². The number of unbranched alkanes of at least 4 members (excludes halogenated alkanes) is 7. The largest absolute Gasteiger partial charge is 0.461 e. The van der Waals surface area contributed by atoms with Crippen LogP contribution in [-0.2, 0) is 14.3 Å². The summed E-state index contributed by atoms with van der Waals surface area (Å²) in [5.41, 5.74) is -0.821. The van der Waals surface area contributed by atoms with Crippen LogP contribution in [0.5, 0.6) is 0 Å². The standard InChI is InChI=1S/C23H40O5/c1-2-3-4-5-6-7-8-9-10-11-12-13-14-15-16-23(17-18-28-23)22(26)27-20-21(25)19-24/h6-7,9-10,21,24-25H,2-5,8,11-20H2,1H3/b7-6-,10-9-. The van der Waals surface area contributed by atoms with E-state index in [1.165, 1.54) is 25.7 Å². The third-order valence-corrected chi connectivity index (χ3v) is 5.16. The number of ether oxygens (including phenoxy) is 2. The number of hydrogen-bond acceptors (Lipinski definition) is 5.